The average molecular weight is 257 g/mol. The van der Waals surface area contributed by atoms with Crippen LogP contribution in [0.5, 0.6) is 0 Å². The van der Waals surface area contributed by atoms with Crippen LogP contribution < -0.4 is 5.73 Å². The number of pyridine rings is 1. The van der Waals surface area contributed by atoms with Gasteiger partial charge in [0.1, 0.15) is 5.69 Å². The highest BCUT2D eigenvalue weighted by molar-refractivity contribution is 6.28. The molecule has 3 rings (SSSR count). The first-order valence-electron chi connectivity index (χ1n) is 5.38. The molecule has 0 atom stereocenters. The molecule has 0 saturated heterocycles. The zero-order valence-electron chi connectivity index (χ0n) is 9.34. The normalized spacial score (nSPS) is 10.7. The Bertz CT molecular complexity index is 727. The van der Waals surface area contributed by atoms with Gasteiger partial charge in [0.2, 0.25) is 5.28 Å². The van der Waals surface area contributed by atoms with Crippen LogP contribution in [0.25, 0.3) is 22.3 Å². The van der Waals surface area contributed by atoms with Crippen LogP contribution in [-0.2, 0) is 0 Å². The Labute approximate surface area is 108 Å². The van der Waals surface area contributed by atoms with E-state index in [2.05, 4.69) is 15.0 Å². The van der Waals surface area contributed by atoms with E-state index in [1.165, 1.54) is 0 Å². The van der Waals surface area contributed by atoms with Gasteiger partial charge in [-0.1, -0.05) is 18.2 Å². The molecule has 4 nitrogen and oxygen atoms in total. The lowest BCUT2D eigenvalue weighted by Crippen LogP contribution is -1.96. The number of hydrogen-bond acceptors (Lipinski definition) is 4. The standard InChI is InChI=1S/C13H9ClN4/c14-13-16-6-5-11(18-13)12-9(15)7-8-3-1-2-4-10(8)17-12/h1-7H,15H2. The minimum Gasteiger partial charge on any atom is -0.397 e. The lowest BCUT2D eigenvalue weighted by Gasteiger charge is -2.06. The number of nitrogens with zero attached hydrogens (tertiary/aromatic N) is 3. The Morgan fingerprint density at radius 2 is 1.89 bits per heavy atom. The molecule has 0 bridgehead atoms. The molecule has 18 heavy (non-hydrogen) atoms. The highest BCUT2D eigenvalue weighted by Crippen LogP contribution is 2.26. The smallest absolute Gasteiger partial charge is 0.222 e. The van der Waals surface area contributed by atoms with Crippen molar-refractivity contribution in [3.8, 4) is 11.4 Å². The van der Waals surface area contributed by atoms with Crippen molar-refractivity contribution in [1.82, 2.24) is 15.0 Å². The summed E-state index contributed by atoms with van der Waals surface area (Å²) < 4.78 is 0. The first-order valence-corrected chi connectivity index (χ1v) is 5.76. The molecule has 2 aromatic heterocycles. The predicted molar refractivity (Wildman–Crippen MR) is 72.2 cm³/mol. The lowest BCUT2D eigenvalue weighted by molar-refractivity contribution is 1.16. The van der Waals surface area contributed by atoms with Crippen LogP contribution in [0, 0.1) is 0 Å². The van der Waals surface area contributed by atoms with Crippen molar-refractivity contribution in [2.24, 2.45) is 0 Å². The van der Waals surface area contributed by atoms with Crippen LogP contribution in [0.3, 0.4) is 0 Å². The molecule has 3 aromatic rings. The van der Waals surface area contributed by atoms with Crippen molar-refractivity contribution in [2.75, 3.05) is 5.73 Å². The Balaban J connectivity index is 2.26. The van der Waals surface area contributed by atoms with Crippen molar-refractivity contribution < 1.29 is 0 Å². The molecule has 2 heterocycles. The number of anilines is 1. The number of rotatable bonds is 1. The number of aromatic nitrogens is 3. The summed E-state index contributed by atoms with van der Waals surface area (Å²) in [5, 5.41) is 1.18. The number of fused-ring (bicyclic) bond motifs is 1. The molecule has 0 aliphatic carbocycles. The summed E-state index contributed by atoms with van der Waals surface area (Å²) in [7, 11) is 0. The molecule has 0 unspecified atom stereocenters. The van der Waals surface area contributed by atoms with E-state index in [0.29, 0.717) is 17.1 Å². The van der Waals surface area contributed by atoms with Gasteiger partial charge in [-0.2, -0.15) is 0 Å². The summed E-state index contributed by atoms with van der Waals surface area (Å²) in [5.41, 5.74) is 8.69. The monoisotopic (exact) mass is 256 g/mol. The number of nitrogens with two attached hydrogens (primary N) is 1. The average Bonchev–Trinajstić information content (AvgIpc) is 2.38. The zero-order chi connectivity index (χ0) is 12.5. The number of nitrogen functional groups attached to an aromatic ring is 1. The largest absolute Gasteiger partial charge is 0.397 e. The molecule has 0 aliphatic heterocycles. The van der Waals surface area contributed by atoms with Gasteiger partial charge in [-0.25, -0.2) is 15.0 Å². The summed E-state index contributed by atoms with van der Waals surface area (Å²) in [5.74, 6) is 0. The molecule has 0 fully saturated rings. The molecule has 2 N–H and O–H groups in total. The Kier molecular flexibility index (Phi) is 2.57. The Hall–Kier alpha value is -2.20. The van der Waals surface area contributed by atoms with Crippen LogP contribution >= 0.6 is 11.6 Å². The third-order valence-corrected chi connectivity index (χ3v) is 2.80. The molecule has 88 valence electrons. The Morgan fingerprint density at radius 3 is 2.72 bits per heavy atom. The van der Waals surface area contributed by atoms with E-state index < -0.39 is 0 Å². The fourth-order valence-corrected chi connectivity index (χ4v) is 1.95. The van der Waals surface area contributed by atoms with Gasteiger partial charge in [0, 0.05) is 11.6 Å². The van der Waals surface area contributed by atoms with E-state index >= 15 is 0 Å². The van der Waals surface area contributed by atoms with Crippen molar-refractivity contribution in [1.29, 1.82) is 0 Å². The second-order valence-electron chi connectivity index (χ2n) is 3.83. The second kappa shape index (κ2) is 4.23. The van der Waals surface area contributed by atoms with Gasteiger partial charge in [0.15, 0.2) is 0 Å². The molecule has 1 aromatic carbocycles. The Morgan fingerprint density at radius 1 is 1.06 bits per heavy atom. The number of benzene rings is 1. The third-order valence-electron chi connectivity index (χ3n) is 2.62. The maximum Gasteiger partial charge on any atom is 0.222 e. The molecule has 5 heteroatoms. The molecular formula is C13H9ClN4. The van der Waals surface area contributed by atoms with Crippen LogP contribution in [0.4, 0.5) is 5.69 Å². The summed E-state index contributed by atoms with van der Waals surface area (Å²) >= 11 is 5.77. The van der Waals surface area contributed by atoms with Crippen molar-refractivity contribution in [2.45, 2.75) is 0 Å². The lowest BCUT2D eigenvalue weighted by atomic mass is 10.1. The van der Waals surface area contributed by atoms with E-state index in [-0.39, 0.29) is 5.28 Å². The highest BCUT2D eigenvalue weighted by atomic mass is 35.5. The predicted octanol–water partition coefficient (Wildman–Crippen LogP) is 2.93. The minimum atomic E-state index is 0.182. The van der Waals surface area contributed by atoms with Gasteiger partial charge in [-0.3, -0.25) is 0 Å². The fraction of sp³-hybridized carbons (Fsp3) is 0. The number of halogens is 1. The van der Waals surface area contributed by atoms with E-state index in [1.54, 1.807) is 12.3 Å². The number of hydrogen-bond donors (Lipinski definition) is 1. The van der Waals surface area contributed by atoms with Gasteiger partial charge in [0.25, 0.3) is 0 Å². The third kappa shape index (κ3) is 1.87. The molecule has 0 radical (unpaired) electrons. The maximum absolute atomic E-state index is 6.00. The molecule has 0 saturated carbocycles. The van der Waals surface area contributed by atoms with Crippen molar-refractivity contribution in [3.05, 3.63) is 47.9 Å². The first kappa shape index (κ1) is 10.9. The zero-order valence-corrected chi connectivity index (χ0v) is 10.1. The molecule has 0 spiro atoms. The van der Waals surface area contributed by atoms with Crippen LogP contribution in [0.2, 0.25) is 5.28 Å². The van der Waals surface area contributed by atoms with Crippen molar-refractivity contribution >= 4 is 28.2 Å². The maximum atomic E-state index is 6.00. The van der Waals surface area contributed by atoms with Crippen LogP contribution in [0.15, 0.2) is 42.6 Å². The minimum absolute atomic E-state index is 0.182. The van der Waals surface area contributed by atoms with Gasteiger partial charge < -0.3 is 5.73 Å². The first-order chi connectivity index (χ1) is 8.74. The van der Waals surface area contributed by atoms with Gasteiger partial charge in [0.05, 0.1) is 16.9 Å². The summed E-state index contributed by atoms with van der Waals surface area (Å²) in [6, 6.07) is 11.4. The second-order valence-corrected chi connectivity index (χ2v) is 4.17. The van der Waals surface area contributed by atoms with Crippen LogP contribution in [0.1, 0.15) is 0 Å². The topological polar surface area (TPSA) is 64.7 Å². The van der Waals surface area contributed by atoms with E-state index in [0.717, 1.165) is 10.9 Å². The quantitative estimate of drug-likeness (QED) is 0.680. The van der Waals surface area contributed by atoms with Gasteiger partial charge in [-0.05, 0) is 29.8 Å². The molecular weight excluding hydrogens is 248 g/mol. The van der Waals surface area contributed by atoms with E-state index in [9.17, 15) is 0 Å². The van der Waals surface area contributed by atoms with Crippen molar-refractivity contribution in [3.63, 3.8) is 0 Å². The summed E-state index contributed by atoms with van der Waals surface area (Å²) in [4.78, 5) is 12.5. The summed E-state index contributed by atoms with van der Waals surface area (Å²) in [6.07, 6.45) is 1.58. The molecule has 0 aliphatic rings. The fourth-order valence-electron chi connectivity index (χ4n) is 1.80. The SMILES string of the molecule is Nc1cc2ccccc2nc1-c1ccnc(Cl)n1. The van der Waals surface area contributed by atoms with Gasteiger partial charge in [-0.15, -0.1) is 0 Å². The summed E-state index contributed by atoms with van der Waals surface area (Å²) in [6.45, 7) is 0. The highest BCUT2D eigenvalue weighted by Gasteiger charge is 2.08. The van der Waals surface area contributed by atoms with E-state index in [4.69, 9.17) is 17.3 Å². The van der Waals surface area contributed by atoms with Gasteiger partial charge >= 0.3 is 0 Å². The molecule has 0 amide bonds. The van der Waals surface area contributed by atoms with Crippen LogP contribution in [-0.4, -0.2) is 15.0 Å². The number of para-hydroxylation sites is 1. The van der Waals surface area contributed by atoms with E-state index in [1.807, 2.05) is 30.3 Å².